The van der Waals surface area contributed by atoms with E-state index in [2.05, 4.69) is 11.8 Å². The Hall–Kier alpha value is -0.120. The van der Waals surface area contributed by atoms with E-state index in [-0.39, 0.29) is 6.29 Å². The van der Waals surface area contributed by atoms with Crippen LogP contribution in [0.1, 0.15) is 26.2 Å². The Bertz CT molecular complexity index is 164. The normalized spacial score (nSPS) is 31.1. The molecule has 2 saturated heterocycles. The fourth-order valence-corrected chi connectivity index (χ4v) is 2.22. The van der Waals surface area contributed by atoms with E-state index in [4.69, 9.17) is 9.47 Å². The van der Waals surface area contributed by atoms with Crippen molar-refractivity contribution in [3.63, 3.8) is 0 Å². The van der Waals surface area contributed by atoms with Crippen molar-refractivity contribution in [1.29, 1.82) is 0 Å². The smallest absolute Gasteiger partial charge is 0.158 e. The first kappa shape index (κ1) is 10.4. The molecule has 3 nitrogen and oxygen atoms in total. The first-order chi connectivity index (χ1) is 6.84. The van der Waals surface area contributed by atoms with Crippen LogP contribution in [0.25, 0.3) is 0 Å². The fourth-order valence-electron chi connectivity index (χ4n) is 2.22. The van der Waals surface area contributed by atoms with E-state index in [9.17, 15) is 0 Å². The van der Waals surface area contributed by atoms with Crippen molar-refractivity contribution in [2.75, 3.05) is 32.8 Å². The second-order valence-electron chi connectivity index (χ2n) is 4.51. The van der Waals surface area contributed by atoms with Crippen LogP contribution in [0, 0.1) is 5.92 Å². The van der Waals surface area contributed by atoms with E-state index in [1.807, 2.05) is 0 Å². The molecule has 0 bridgehead atoms. The van der Waals surface area contributed by atoms with Crippen molar-refractivity contribution in [3.05, 3.63) is 0 Å². The molecule has 0 amide bonds. The summed E-state index contributed by atoms with van der Waals surface area (Å²) in [5.41, 5.74) is 0. The Morgan fingerprint density at radius 2 is 2.07 bits per heavy atom. The van der Waals surface area contributed by atoms with Crippen LogP contribution in [0.2, 0.25) is 0 Å². The predicted octanol–water partition coefficient (Wildman–Crippen LogP) is 1.48. The van der Waals surface area contributed by atoms with Gasteiger partial charge in [-0.2, -0.15) is 0 Å². The first-order valence-electron chi connectivity index (χ1n) is 5.80. The van der Waals surface area contributed by atoms with Gasteiger partial charge in [0.2, 0.25) is 0 Å². The van der Waals surface area contributed by atoms with Crippen molar-refractivity contribution < 1.29 is 9.47 Å². The standard InChI is InChI=1S/C11H21NO2/c1-10-3-5-12(9-10)6-4-11-13-7-2-8-14-11/h10-11H,2-9H2,1H3. The zero-order valence-corrected chi connectivity index (χ0v) is 9.08. The molecular formula is C11H21NO2. The zero-order valence-electron chi connectivity index (χ0n) is 9.08. The van der Waals surface area contributed by atoms with Gasteiger partial charge in [0.1, 0.15) is 0 Å². The van der Waals surface area contributed by atoms with Crippen LogP contribution in [-0.2, 0) is 9.47 Å². The number of likely N-dealkylation sites (tertiary alicyclic amines) is 1. The van der Waals surface area contributed by atoms with Crippen LogP contribution < -0.4 is 0 Å². The van der Waals surface area contributed by atoms with Crippen LogP contribution >= 0.6 is 0 Å². The Morgan fingerprint density at radius 3 is 2.71 bits per heavy atom. The van der Waals surface area contributed by atoms with Gasteiger partial charge in [0.05, 0.1) is 13.2 Å². The summed E-state index contributed by atoms with van der Waals surface area (Å²) in [5, 5.41) is 0. The third-order valence-electron chi connectivity index (χ3n) is 3.09. The quantitative estimate of drug-likeness (QED) is 0.687. The van der Waals surface area contributed by atoms with Crippen molar-refractivity contribution in [1.82, 2.24) is 4.90 Å². The lowest BCUT2D eigenvalue weighted by atomic mass is 10.2. The van der Waals surface area contributed by atoms with Gasteiger partial charge in [-0.1, -0.05) is 6.92 Å². The lowest BCUT2D eigenvalue weighted by Gasteiger charge is -2.25. The maximum atomic E-state index is 5.52. The van der Waals surface area contributed by atoms with Crippen molar-refractivity contribution >= 4 is 0 Å². The molecule has 0 aliphatic carbocycles. The van der Waals surface area contributed by atoms with Crippen molar-refractivity contribution in [2.45, 2.75) is 32.5 Å². The zero-order chi connectivity index (χ0) is 9.80. The Kier molecular flexibility index (Phi) is 3.79. The van der Waals surface area contributed by atoms with Gasteiger partial charge in [-0.25, -0.2) is 0 Å². The molecule has 1 unspecified atom stereocenters. The molecule has 0 spiro atoms. The Balaban J connectivity index is 1.61. The van der Waals surface area contributed by atoms with E-state index in [1.54, 1.807) is 0 Å². The van der Waals surface area contributed by atoms with E-state index < -0.39 is 0 Å². The maximum absolute atomic E-state index is 5.52. The summed E-state index contributed by atoms with van der Waals surface area (Å²) < 4.78 is 11.0. The molecule has 3 heteroatoms. The highest BCUT2D eigenvalue weighted by Gasteiger charge is 2.20. The summed E-state index contributed by atoms with van der Waals surface area (Å²) in [6.45, 7) is 7.73. The molecule has 0 saturated carbocycles. The molecule has 2 fully saturated rings. The number of nitrogens with zero attached hydrogens (tertiary/aromatic N) is 1. The minimum Gasteiger partial charge on any atom is -0.353 e. The summed E-state index contributed by atoms with van der Waals surface area (Å²) >= 11 is 0. The maximum Gasteiger partial charge on any atom is 0.158 e. The minimum atomic E-state index is 0.0691. The van der Waals surface area contributed by atoms with Crippen molar-refractivity contribution in [3.8, 4) is 0 Å². The molecule has 2 heterocycles. The molecule has 0 aromatic heterocycles. The van der Waals surface area contributed by atoms with Gasteiger partial charge in [0.15, 0.2) is 6.29 Å². The topological polar surface area (TPSA) is 21.7 Å². The van der Waals surface area contributed by atoms with Gasteiger partial charge in [-0.3, -0.25) is 0 Å². The summed E-state index contributed by atoms with van der Waals surface area (Å²) in [6, 6.07) is 0. The average molecular weight is 199 g/mol. The number of ether oxygens (including phenoxy) is 2. The minimum absolute atomic E-state index is 0.0691. The van der Waals surface area contributed by atoms with E-state index in [1.165, 1.54) is 19.5 Å². The summed E-state index contributed by atoms with van der Waals surface area (Å²) in [6.07, 6.45) is 3.51. The monoisotopic (exact) mass is 199 g/mol. The highest BCUT2D eigenvalue weighted by atomic mass is 16.7. The highest BCUT2D eigenvalue weighted by molar-refractivity contribution is 4.72. The second-order valence-corrected chi connectivity index (χ2v) is 4.51. The fraction of sp³-hybridized carbons (Fsp3) is 1.00. The number of rotatable bonds is 3. The number of hydrogen-bond donors (Lipinski definition) is 0. The van der Waals surface area contributed by atoms with Crippen LogP contribution in [0.4, 0.5) is 0 Å². The molecule has 1 atom stereocenters. The largest absolute Gasteiger partial charge is 0.353 e. The molecule has 0 radical (unpaired) electrons. The molecule has 2 aliphatic heterocycles. The Labute approximate surface area is 86.4 Å². The van der Waals surface area contributed by atoms with E-state index in [0.29, 0.717) is 0 Å². The van der Waals surface area contributed by atoms with Gasteiger partial charge < -0.3 is 14.4 Å². The van der Waals surface area contributed by atoms with Gasteiger partial charge in [0, 0.05) is 19.5 Å². The number of hydrogen-bond acceptors (Lipinski definition) is 3. The molecule has 14 heavy (non-hydrogen) atoms. The van der Waals surface area contributed by atoms with Gasteiger partial charge in [-0.15, -0.1) is 0 Å². The lowest BCUT2D eigenvalue weighted by molar-refractivity contribution is -0.182. The van der Waals surface area contributed by atoms with Crippen LogP contribution in [0.15, 0.2) is 0 Å². The highest BCUT2D eigenvalue weighted by Crippen LogP contribution is 2.16. The van der Waals surface area contributed by atoms with Gasteiger partial charge in [0.25, 0.3) is 0 Å². The Morgan fingerprint density at radius 1 is 1.29 bits per heavy atom. The van der Waals surface area contributed by atoms with Crippen LogP contribution in [-0.4, -0.2) is 44.0 Å². The molecule has 0 aromatic carbocycles. The first-order valence-corrected chi connectivity index (χ1v) is 5.80. The third-order valence-corrected chi connectivity index (χ3v) is 3.09. The van der Waals surface area contributed by atoms with E-state index in [0.717, 1.165) is 38.5 Å². The predicted molar refractivity (Wildman–Crippen MR) is 55.1 cm³/mol. The molecular weight excluding hydrogens is 178 g/mol. The van der Waals surface area contributed by atoms with Gasteiger partial charge in [-0.05, 0) is 25.3 Å². The average Bonchev–Trinajstić information content (AvgIpc) is 2.63. The molecule has 2 aliphatic rings. The molecule has 2 rings (SSSR count). The molecule has 0 N–H and O–H groups in total. The molecule has 82 valence electrons. The van der Waals surface area contributed by atoms with Gasteiger partial charge >= 0.3 is 0 Å². The lowest BCUT2D eigenvalue weighted by Crippen LogP contribution is -2.30. The molecule has 0 aromatic rings. The van der Waals surface area contributed by atoms with Crippen LogP contribution in [0.3, 0.4) is 0 Å². The van der Waals surface area contributed by atoms with Crippen LogP contribution in [0.5, 0.6) is 0 Å². The SMILES string of the molecule is CC1CCN(CCC2OCCCO2)C1. The third kappa shape index (κ3) is 2.94. The summed E-state index contributed by atoms with van der Waals surface area (Å²) in [7, 11) is 0. The summed E-state index contributed by atoms with van der Waals surface area (Å²) in [5.74, 6) is 0.878. The summed E-state index contributed by atoms with van der Waals surface area (Å²) in [4.78, 5) is 2.52. The van der Waals surface area contributed by atoms with E-state index >= 15 is 0 Å². The second kappa shape index (κ2) is 5.10. The van der Waals surface area contributed by atoms with Crippen molar-refractivity contribution in [2.24, 2.45) is 5.92 Å².